The lowest BCUT2D eigenvalue weighted by atomic mass is 10.0. The molecule has 0 amide bonds. The number of rotatable bonds is 5. The van der Waals surface area contributed by atoms with Crippen LogP contribution in [0, 0.1) is 6.92 Å². The molecule has 0 atom stereocenters. The highest BCUT2D eigenvalue weighted by Gasteiger charge is 2.21. The van der Waals surface area contributed by atoms with Crippen molar-refractivity contribution < 1.29 is 9.47 Å². The summed E-state index contributed by atoms with van der Waals surface area (Å²) in [6.07, 6.45) is 2.86. The molecule has 0 bridgehead atoms. The number of methoxy groups -OCH3 is 2. The van der Waals surface area contributed by atoms with E-state index in [1.165, 1.54) is 16.7 Å². The second-order valence-electron chi connectivity index (χ2n) is 7.37. The summed E-state index contributed by atoms with van der Waals surface area (Å²) < 4.78 is 11.0. The topological polar surface area (TPSA) is 73.5 Å². The molecule has 6 heteroatoms. The number of nitrogen functional groups attached to an aromatic ring is 1. The van der Waals surface area contributed by atoms with Gasteiger partial charge in [0.15, 0.2) is 5.82 Å². The molecule has 1 aliphatic rings. The average molecular weight is 390 g/mol. The summed E-state index contributed by atoms with van der Waals surface area (Å²) in [7, 11) is 3.38. The van der Waals surface area contributed by atoms with Crippen molar-refractivity contribution in [3.63, 3.8) is 0 Å². The maximum Gasteiger partial charge on any atom is 0.159 e. The quantitative estimate of drug-likeness (QED) is 0.671. The smallest absolute Gasteiger partial charge is 0.159 e. The van der Waals surface area contributed by atoms with Gasteiger partial charge in [-0.1, -0.05) is 0 Å². The molecule has 0 saturated heterocycles. The van der Waals surface area contributed by atoms with E-state index in [1.54, 1.807) is 14.2 Å². The second kappa shape index (κ2) is 8.09. The SMILES string of the molecule is COc1cc(C)c(CN2CCc3nc(-c4ccc(N)cc4)ncc3C2)c(OC)c1. The summed E-state index contributed by atoms with van der Waals surface area (Å²) in [6.45, 7) is 4.68. The van der Waals surface area contributed by atoms with Crippen LogP contribution >= 0.6 is 0 Å². The van der Waals surface area contributed by atoms with Crippen molar-refractivity contribution in [3.05, 3.63) is 65.0 Å². The van der Waals surface area contributed by atoms with Gasteiger partial charge in [0.25, 0.3) is 0 Å². The normalized spacial score (nSPS) is 13.8. The summed E-state index contributed by atoms with van der Waals surface area (Å²) in [5.41, 5.74) is 12.2. The van der Waals surface area contributed by atoms with Crippen molar-refractivity contribution in [2.75, 3.05) is 26.5 Å². The van der Waals surface area contributed by atoms with E-state index in [-0.39, 0.29) is 0 Å². The standard InChI is InChI=1S/C23H26N4O2/c1-15-10-19(28-2)11-22(29-3)20(15)14-27-9-8-21-17(13-27)12-25-23(26-21)16-4-6-18(24)7-5-16/h4-7,10-12H,8-9,13-14,24H2,1-3H3. The fraction of sp³-hybridized carbons (Fsp3) is 0.304. The summed E-state index contributed by atoms with van der Waals surface area (Å²) in [6, 6.07) is 11.7. The number of aromatic nitrogens is 2. The van der Waals surface area contributed by atoms with E-state index in [1.807, 2.05) is 36.5 Å². The van der Waals surface area contributed by atoms with E-state index in [9.17, 15) is 0 Å². The molecule has 29 heavy (non-hydrogen) atoms. The Morgan fingerprint density at radius 2 is 1.90 bits per heavy atom. The zero-order valence-corrected chi connectivity index (χ0v) is 17.1. The molecule has 1 aliphatic heterocycles. The van der Waals surface area contributed by atoms with Crippen LogP contribution in [-0.2, 0) is 19.5 Å². The average Bonchev–Trinajstić information content (AvgIpc) is 2.75. The van der Waals surface area contributed by atoms with Gasteiger partial charge in [-0.2, -0.15) is 0 Å². The lowest BCUT2D eigenvalue weighted by Crippen LogP contribution is -2.31. The van der Waals surface area contributed by atoms with Crippen LogP contribution < -0.4 is 15.2 Å². The molecule has 0 spiro atoms. The number of hydrogen-bond donors (Lipinski definition) is 1. The molecule has 0 unspecified atom stereocenters. The van der Waals surface area contributed by atoms with Gasteiger partial charge in [0.1, 0.15) is 11.5 Å². The zero-order chi connectivity index (χ0) is 20.4. The van der Waals surface area contributed by atoms with Gasteiger partial charge in [0.2, 0.25) is 0 Å². The largest absolute Gasteiger partial charge is 0.497 e. The van der Waals surface area contributed by atoms with Gasteiger partial charge < -0.3 is 15.2 Å². The minimum atomic E-state index is 0.742. The highest BCUT2D eigenvalue weighted by atomic mass is 16.5. The van der Waals surface area contributed by atoms with Gasteiger partial charge in [0.05, 0.1) is 19.9 Å². The Bertz CT molecular complexity index is 1020. The monoisotopic (exact) mass is 390 g/mol. The van der Waals surface area contributed by atoms with E-state index in [2.05, 4.69) is 22.9 Å². The first-order valence-electron chi connectivity index (χ1n) is 9.72. The summed E-state index contributed by atoms with van der Waals surface area (Å²) in [4.78, 5) is 11.8. The van der Waals surface area contributed by atoms with Gasteiger partial charge in [-0.15, -0.1) is 0 Å². The summed E-state index contributed by atoms with van der Waals surface area (Å²) >= 11 is 0. The summed E-state index contributed by atoms with van der Waals surface area (Å²) in [5, 5.41) is 0. The number of ether oxygens (including phenoxy) is 2. The molecular formula is C23H26N4O2. The Balaban J connectivity index is 1.53. The molecule has 0 radical (unpaired) electrons. The lowest BCUT2D eigenvalue weighted by Gasteiger charge is -2.29. The fourth-order valence-electron chi connectivity index (χ4n) is 3.76. The molecule has 0 aliphatic carbocycles. The Labute approximate surface area is 171 Å². The number of nitrogens with two attached hydrogens (primary N) is 1. The number of hydrogen-bond acceptors (Lipinski definition) is 6. The van der Waals surface area contributed by atoms with Crippen LogP contribution in [0.1, 0.15) is 22.4 Å². The molecule has 3 aromatic rings. The van der Waals surface area contributed by atoms with E-state index >= 15 is 0 Å². The molecule has 2 N–H and O–H groups in total. The highest BCUT2D eigenvalue weighted by molar-refractivity contribution is 5.58. The Kier molecular flexibility index (Phi) is 5.36. The molecule has 0 fully saturated rings. The molecular weight excluding hydrogens is 364 g/mol. The van der Waals surface area contributed by atoms with Gasteiger partial charge in [-0.25, -0.2) is 9.97 Å². The van der Waals surface area contributed by atoms with Crippen molar-refractivity contribution >= 4 is 5.69 Å². The predicted molar refractivity (Wildman–Crippen MR) is 114 cm³/mol. The number of nitrogens with zero attached hydrogens (tertiary/aromatic N) is 3. The van der Waals surface area contributed by atoms with Gasteiger partial charge in [0, 0.05) is 60.7 Å². The van der Waals surface area contributed by atoms with E-state index < -0.39 is 0 Å². The van der Waals surface area contributed by atoms with Gasteiger partial charge in [-0.3, -0.25) is 4.90 Å². The second-order valence-corrected chi connectivity index (χ2v) is 7.37. The first-order chi connectivity index (χ1) is 14.1. The molecule has 4 rings (SSSR count). The van der Waals surface area contributed by atoms with Crippen molar-refractivity contribution in [2.45, 2.75) is 26.4 Å². The Hall–Kier alpha value is -3.12. The van der Waals surface area contributed by atoms with Crippen LogP contribution in [0.15, 0.2) is 42.6 Å². The van der Waals surface area contributed by atoms with Crippen LogP contribution in [0.3, 0.4) is 0 Å². The fourth-order valence-corrected chi connectivity index (χ4v) is 3.76. The molecule has 2 aromatic carbocycles. The van der Waals surface area contributed by atoms with Crippen molar-refractivity contribution in [2.24, 2.45) is 0 Å². The highest BCUT2D eigenvalue weighted by Crippen LogP contribution is 2.31. The zero-order valence-electron chi connectivity index (χ0n) is 17.1. The van der Waals surface area contributed by atoms with Crippen LogP contribution in [0.2, 0.25) is 0 Å². The number of benzene rings is 2. The number of fused-ring (bicyclic) bond motifs is 1. The minimum Gasteiger partial charge on any atom is -0.497 e. The molecule has 150 valence electrons. The van der Waals surface area contributed by atoms with E-state index in [0.29, 0.717) is 0 Å². The van der Waals surface area contributed by atoms with Crippen molar-refractivity contribution in [1.29, 1.82) is 0 Å². The molecule has 2 heterocycles. The maximum absolute atomic E-state index is 5.78. The van der Waals surface area contributed by atoms with Gasteiger partial charge >= 0.3 is 0 Å². The summed E-state index contributed by atoms with van der Waals surface area (Å²) in [5.74, 6) is 2.43. The first kappa shape index (κ1) is 19.2. The van der Waals surface area contributed by atoms with Crippen LogP contribution in [-0.4, -0.2) is 35.6 Å². The van der Waals surface area contributed by atoms with Crippen LogP contribution in [0.25, 0.3) is 11.4 Å². The number of aryl methyl sites for hydroxylation is 1. The first-order valence-corrected chi connectivity index (χ1v) is 9.72. The third-order valence-corrected chi connectivity index (χ3v) is 5.42. The Morgan fingerprint density at radius 3 is 2.62 bits per heavy atom. The molecule has 0 saturated carbocycles. The van der Waals surface area contributed by atoms with E-state index in [4.69, 9.17) is 20.2 Å². The minimum absolute atomic E-state index is 0.742. The van der Waals surface area contributed by atoms with Crippen molar-refractivity contribution in [3.8, 4) is 22.9 Å². The third kappa shape index (κ3) is 4.03. The number of anilines is 1. The lowest BCUT2D eigenvalue weighted by molar-refractivity contribution is 0.238. The third-order valence-electron chi connectivity index (χ3n) is 5.42. The van der Waals surface area contributed by atoms with Gasteiger partial charge in [-0.05, 0) is 42.8 Å². The van der Waals surface area contributed by atoms with E-state index in [0.717, 1.165) is 60.3 Å². The van der Waals surface area contributed by atoms with Crippen LogP contribution in [0.4, 0.5) is 5.69 Å². The van der Waals surface area contributed by atoms with Crippen molar-refractivity contribution in [1.82, 2.24) is 14.9 Å². The predicted octanol–water partition coefficient (Wildman–Crippen LogP) is 3.61. The maximum atomic E-state index is 5.78. The molecule has 1 aromatic heterocycles. The Morgan fingerprint density at radius 1 is 1.10 bits per heavy atom. The molecule has 6 nitrogen and oxygen atoms in total. The van der Waals surface area contributed by atoms with Crippen LogP contribution in [0.5, 0.6) is 11.5 Å².